The normalized spacial score (nSPS) is 17.1. The van der Waals surface area contributed by atoms with Crippen LogP contribution in [0, 0.1) is 0 Å². The zero-order valence-corrected chi connectivity index (χ0v) is 13.4. The summed E-state index contributed by atoms with van der Waals surface area (Å²) in [5, 5.41) is 0. The van der Waals surface area contributed by atoms with Gasteiger partial charge in [0.25, 0.3) is 5.91 Å². The summed E-state index contributed by atoms with van der Waals surface area (Å²) in [4.78, 5) is 20.8. The summed E-state index contributed by atoms with van der Waals surface area (Å²) >= 11 is 0. The Morgan fingerprint density at radius 3 is 2.67 bits per heavy atom. The van der Waals surface area contributed by atoms with Crippen LogP contribution in [0.15, 0.2) is 42.6 Å². The highest BCUT2D eigenvalue weighted by molar-refractivity contribution is 5.92. The molecular weight excluding hydrogens is 306 g/mol. The van der Waals surface area contributed by atoms with E-state index >= 15 is 0 Å². The molecule has 1 amide bonds. The number of fused-ring (bicyclic) bond motifs is 1. The van der Waals surface area contributed by atoms with Crippen molar-refractivity contribution in [2.75, 3.05) is 33.0 Å². The van der Waals surface area contributed by atoms with E-state index < -0.39 is 0 Å². The molecule has 0 bridgehead atoms. The van der Waals surface area contributed by atoms with E-state index in [0.717, 1.165) is 44.2 Å². The number of amides is 1. The predicted molar refractivity (Wildman–Crippen MR) is 88.0 cm³/mol. The Hall–Kier alpha value is -2.60. The lowest BCUT2D eigenvalue weighted by Gasteiger charge is -2.34. The lowest BCUT2D eigenvalue weighted by Crippen LogP contribution is -2.48. The van der Waals surface area contributed by atoms with Crippen LogP contribution in [0.1, 0.15) is 16.1 Å². The molecule has 0 N–H and O–H groups in total. The van der Waals surface area contributed by atoms with Gasteiger partial charge in [-0.3, -0.25) is 14.7 Å². The maximum absolute atomic E-state index is 12.4. The van der Waals surface area contributed by atoms with Gasteiger partial charge in [0.1, 0.15) is 5.69 Å². The molecule has 6 heteroatoms. The van der Waals surface area contributed by atoms with Crippen molar-refractivity contribution in [1.29, 1.82) is 0 Å². The second-order valence-electron chi connectivity index (χ2n) is 5.97. The lowest BCUT2D eigenvalue weighted by molar-refractivity contribution is 0.0622. The number of ether oxygens (including phenoxy) is 2. The summed E-state index contributed by atoms with van der Waals surface area (Å²) in [7, 11) is 0. The van der Waals surface area contributed by atoms with Crippen LogP contribution < -0.4 is 9.47 Å². The van der Waals surface area contributed by atoms with Crippen LogP contribution >= 0.6 is 0 Å². The summed E-state index contributed by atoms with van der Waals surface area (Å²) in [5.74, 6) is 1.64. The van der Waals surface area contributed by atoms with Crippen molar-refractivity contribution >= 4 is 5.91 Å². The molecule has 0 radical (unpaired) electrons. The molecule has 0 spiro atoms. The van der Waals surface area contributed by atoms with Gasteiger partial charge in [0, 0.05) is 38.9 Å². The number of rotatable bonds is 3. The summed E-state index contributed by atoms with van der Waals surface area (Å²) < 4.78 is 10.8. The number of nitrogens with zero attached hydrogens (tertiary/aromatic N) is 3. The number of carbonyl (C=O) groups excluding carboxylic acids is 1. The Morgan fingerprint density at radius 2 is 1.88 bits per heavy atom. The van der Waals surface area contributed by atoms with E-state index in [1.165, 1.54) is 5.56 Å². The van der Waals surface area contributed by atoms with Gasteiger partial charge in [-0.05, 0) is 29.8 Å². The smallest absolute Gasteiger partial charge is 0.272 e. The van der Waals surface area contributed by atoms with Gasteiger partial charge in [0.05, 0.1) is 0 Å². The summed E-state index contributed by atoms with van der Waals surface area (Å²) in [6, 6.07) is 11.5. The Labute approximate surface area is 140 Å². The molecule has 24 heavy (non-hydrogen) atoms. The van der Waals surface area contributed by atoms with E-state index in [2.05, 4.69) is 16.0 Å². The van der Waals surface area contributed by atoms with Gasteiger partial charge in [-0.15, -0.1) is 0 Å². The van der Waals surface area contributed by atoms with Gasteiger partial charge in [0.15, 0.2) is 11.5 Å². The van der Waals surface area contributed by atoms with Crippen molar-refractivity contribution in [2.45, 2.75) is 6.54 Å². The van der Waals surface area contributed by atoms with Crippen LogP contribution in [-0.4, -0.2) is 53.7 Å². The number of pyridine rings is 1. The average molecular weight is 325 g/mol. The molecule has 0 atom stereocenters. The van der Waals surface area contributed by atoms with Crippen LogP contribution in [0.2, 0.25) is 0 Å². The SMILES string of the molecule is O=C(c1ccccn1)N1CCN(Cc2ccc3c(c2)OCO3)CC1. The summed E-state index contributed by atoms with van der Waals surface area (Å²) in [6.45, 7) is 4.30. The first-order valence-electron chi connectivity index (χ1n) is 8.11. The zero-order chi connectivity index (χ0) is 16.4. The molecule has 2 aromatic rings. The Morgan fingerprint density at radius 1 is 1.04 bits per heavy atom. The Bertz CT molecular complexity index is 728. The highest BCUT2D eigenvalue weighted by Crippen LogP contribution is 2.32. The third-order valence-electron chi connectivity index (χ3n) is 4.39. The minimum Gasteiger partial charge on any atom is -0.454 e. The van der Waals surface area contributed by atoms with E-state index in [0.29, 0.717) is 12.5 Å². The average Bonchev–Trinajstić information content (AvgIpc) is 3.10. The third kappa shape index (κ3) is 3.05. The van der Waals surface area contributed by atoms with Crippen LogP contribution in [0.5, 0.6) is 11.5 Å². The molecule has 1 aromatic carbocycles. The number of carbonyl (C=O) groups is 1. The maximum atomic E-state index is 12.4. The van der Waals surface area contributed by atoms with Crippen molar-refractivity contribution in [3.05, 3.63) is 53.9 Å². The van der Waals surface area contributed by atoms with E-state index in [4.69, 9.17) is 9.47 Å². The summed E-state index contributed by atoms with van der Waals surface area (Å²) in [6.07, 6.45) is 1.66. The quantitative estimate of drug-likeness (QED) is 0.861. The lowest BCUT2D eigenvalue weighted by atomic mass is 10.1. The number of aromatic nitrogens is 1. The van der Waals surface area contributed by atoms with E-state index in [1.807, 2.05) is 29.2 Å². The second-order valence-corrected chi connectivity index (χ2v) is 5.97. The van der Waals surface area contributed by atoms with E-state index in [-0.39, 0.29) is 5.91 Å². The third-order valence-corrected chi connectivity index (χ3v) is 4.39. The second kappa shape index (κ2) is 6.49. The molecule has 0 aliphatic carbocycles. The number of hydrogen-bond donors (Lipinski definition) is 0. The van der Waals surface area contributed by atoms with Crippen molar-refractivity contribution < 1.29 is 14.3 Å². The first-order valence-corrected chi connectivity index (χ1v) is 8.11. The van der Waals surface area contributed by atoms with Crippen molar-refractivity contribution in [2.24, 2.45) is 0 Å². The van der Waals surface area contributed by atoms with Gasteiger partial charge < -0.3 is 14.4 Å². The fourth-order valence-electron chi connectivity index (χ4n) is 3.06. The highest BCUT2D eigenvalue weighted by atomic mass is 16.7. The molecule has 1 fully saturated rings. The van der Waals surface area contributed by atoms with Crippen LogP contribution in [-0.2, 0) is 6.54 Å². The molecule has 3 heterocycles. The highest BCUT2D eigenvalue weighted by Gasteiger charge is 2.23. The van der Waals surface area contributed by atoms with Gasteiger partial charge >= 0.3 is 0 Å². The van der Waals surface area contributed by atoms with Crippen LogP contribution in [0.3, 0.4) is 0 Å². The summed E-state index contributed by atoms with van der Waals surface area (Å²) in [5.41, 5.74) is 1.71. The first-order chi connectivity index (χ1) is 11.8. The van der Waals surface area contributed by atoms with E-state index in [9.17, 15) is 4.79 Å². The minimum absolute atomic E-state index is 0.0123. The fraction of sp³-hybridized carbons (Fsp3) is 0.333. The molecule has 2 aliphatic heterocycles. The van der Waals surface area contributed by atoms with E-state index in [1.54, 1.807) is 12.3 Å². The van der Waals surface area contributed by atoms with Crippen LogP contribution in [0.25, 0.3) is 0 Å². The maximum Gasteiger partial charge on any atom is 0.272 e. The number of benzene rings is 1. The molecular formula is C18H19N3O3. The first kappa shape index (κ1) is 15.0. The standard InChI is InChI=1S/C18H19N3O3/c22-18(15-3-1-2-6-19-15)21-9-7-20(8-10-21)12-14-4-5-16-17(11-14)24-13-23-16/h1-6,11H,7-10,12-13H2. The Balaban J connectivity index is 1.34. The number of hydrogen-bond acceptors (Lipinski definition) is 5. The molecule has 1 saturated heterocycles. The molecule has 2 aliphatic rings. The molecule has 124 valence electrons. The predicted octanol–water partition coefficient (Wildman–Crippen LogP) is 1.77. The van der Waals surface area contributed by atoms with Crippen molar-refractivity contribution in [3.8, 4) is 11.5 Å². The molecule has 1 aromatic heterocycles. The van der Waals surface area contributed by atoms with Gasteiger partial charge in [-0.25, -0.2) is 0 Å². The molecule has 0 saturated carbocycles. The van der Waals surface area contributed by atoms with Crippen molar-refractivity contribution in [1.82, 2.24) is 14.8 Å². The topological polar surface area (TPSA) is 54.9 Å². The minimum atomic E-state index is 0.0123. The largest absolute Gasteiger partial charge is 0.454 e. The molecule has 6 nitrogen and oxygen atoms in total. The van der Waals surface area contributed by atoms with Gasteiger partial charge in [-0.2, -0.15) is 0 Å². The van der Waals surface area contributed by atoms with Gasteiger partial charge in [0.2, 0.25) is 6.79 Å². The van der Waals surface area contributed by atoms with Gasteiger partial charge in [-0.1, -0.05) is 12.1 Å². The zero-order valence-electron chi connectivity index (χ0n) is 13.4. The monoisotopic (exact) mass is 325 g/mol. The molecule has 0 unspecified atom stereocenters. The Kier molecular flexibility index (Phi) is 4.04. The molecule has 4 rings (SSSR count). The van der Waals surface area contributed by atoms with Crippen LogP contribution in [0.4, 0.5) is 0 Å². The fourth-order valence-corrected chi connectivity index (χ4v) is 3.06. The number of piperazine rings is 1. The van der Waals surface area contributed by atoms with Crippen molar-refractivity contribution in [3.63, 3.8) is 0 Å².